The molecule has 0 aromatic heterocycles. The van der Waals surface area contributed by atoms with Crippen molar-refractivity contribution in [1.29, 1.82) is 0 Å². The van der Waals surface area contributed by atoms with E-state index in [4.69, 9.17) is 0 Å². The van der Waals surface area contributed by atoms with Crippen LogP contribution in [0.1, 0.15) is 13.8 Å². The molecule has 2 heteroatoms. The molecule has 0 aliphatic heterocycles. The molecule has 7 heavy (non-hydrogen) atoms. The first kappa shape index (κ1) is 7.02. The van der Waals surface area contributed by atoms with Crippen LogP contribution in [0.3, 0.4) is 0 Å². The summed E-state index contributed by atoms with van der Waals surface area (Å²) in [7, 11) is 0. The van der Waals surface area contributed by atoms with Crippen molar-refractivity contribution in [3.63, 3.8) is 0 Å². The molecule has 0 radical (unpaired) electrons. The Morgan fingerprint density at radius 2 is 2.29 bits per heavy atom. The Balaban J connectivity index is 2.81. The average Bonchev–Trinajstić information content (AvgIpc) is 1.61. The van der Waals surface area contributed by atoms with Crippen molar-refractivity contribution in [2.24, 2.45) is 0 Å². The van der Waals surface area contributed by atoms with E-state index in [1.807, 2.05) is 0 Å². The van der Waals surface area contributed by atoms with E-state index in [0.717, 1.165) is 6.29 Å². The third kappa shape index (κ3) is 6.02. The first-order valence-corrected chi connectivity index (χ1v) is 3.37. The van der Waals surface area contributed by atoms with E-state index >= 15 is 0 Å². The van der Waals surface area contributed by atoms with Gasteiger partial charge in [-0.25, -0.2) is 0 Å². The van der Waals surface area contributed by atoms with Crippen LogP contribution in [0.5, 0.6) is 0 Å². The van der Waals surface area contributed by atoms with Crippen LogP contribution >= 0.6 is 11.8 Å². The Labute approximate surface area is 48.5 Å². The smallest absolute Gasteiger partial charge is 0.129 e. The van der Waals surface area contributed by atoms with Gasteiger partial charge in [0, 0.05) is 5.75 Å². The van der Waals surface area contributed by atoms with Gasteiger partial charge in [0.15, 0.2) is 0 Å². The minimum atomic E-state index is 0.588. The molecule has 0 atom stereocenters. The molecule has 0 fully saturated rings. The molecule has 0 aromatic carbocycles. The van der Waals surface area contributed by atoms with Crippen LogP contribution in [0.15, 0.2) is 0 Å². The predicted molar refractivity (Wildman–Crippen MR) is 33.7 cm³/mol. The van der Waals surface area contributed by atoms with Crippen molar-refractivity contribution in [2.45, 2.75) is 19.1 Å². The summed E-state index contributed by atoms with van der Waals surface area (Å²) in [6, 6.07) is 0. The molecule has 0 unspecified atom stereocenters. The van der Waals surface area contributed by atoms with Crippen molar-refractivity contribution < 1.29 is 4.79 Å². The number of carbonyl (C=O) groups is 1. The number of hydrogen-bond donors (Lipinski definition) is 0. The highest BCUT2D eigenvalue weighted by Gasteiger charge is 1.88. The van der Waals surface area contributed by atoms with Gasteiger partial charge in [-0.05, 0) is 5.25 Å². The van der Waals surface area contributed by atoms with Gasteiger partial charge in [-0.15, -0.1) is 0 Å². The molecule has 0 saturated carbocycles. The van der Waals surface area contributed by atoms with Gasteiger partial charge < -0.3 is 4.79 Å². The summed E-state index contributed by atoms with van der Waals surface area (Å²) in [5.74, 6) is 0.637. The summed E-state index contributed by atoms with van der Waals surface area (Å²) in [4.78, 5) is 9.69. The Morgan fingerprint density at radius 3 is 2.43 bits per heavy atom. The quantitative estimate of drug-likeness (QED) is 0.520. The summed E-state index contributed by atoms with van der Waals surface area (Å²) in [6.07, 6.45) is 0.935. The second-order valence-electron chi connectivity index (χ2n) is 1.55. The van der Waals surface area contributed by atoms with E-state index in [2.05, 4.69) is 13.8 Å². The third-order valence-corrected chi connectivity index (χ3v) is 1.49. The van der Waals surface area contributed by atoms with Gasteiger partial charge in [-0.1, -0.05) is 13.8 Å². The molecule has 0 rings (SSSR count). The van der Waals surface area contributed by atoms with Crippen LogP contribution in [0, 0.1) is 0 Å². The summed E-state index contributed by atoms with van der Waals surface area (Å²) in [5, 5.41) is 0.588. The first-order chi connectivity index (χ1) is 3.27. The fourth-order valence-corrected chi connectivity index (χ4v) is 0.695. The van der Waals surface area contributed by atoms with Gasteiger partial charge in [0.2, 0.25) is 0 Å². The number of rotatable bonds is 3. The molecule has 0 aliphatic carbocycles. The van der Waals surface area contributed by atoms with E-state index in [9.17, 15) is 4.79 Å². The highest BCUT2D eigenvalue weighted by molar-refractivity contribution is 8.00. The largest absolute Gasteiger partial charge is 0.302 e. The Morgan fingerprint density at radius 1 is 1.71 bits per heavy atom. The fraction of sp³-hybridized carbons (Fsp3) is 0.800. The zero-order valence-electron chi connectivity index (χ0n) is 4.68. The van der Waals surface area contributed by atoms with Crippen molar-refractivity contribution in [2.75, 3.05) is 5.75 Å². The van der Waals surface area contributed by atoms with Gasteiger partial charge in [0.05, 0.1) is 0 Å². The Bertz CT molecular complexity index is 52.0. The maximum absolute atomic E-state index is 9.69. The van der Waals surface area contributed by atoms with Gasteiger partial charge >= 0.3 is 0 Å². The standard InChI is InChI=1S/C5H10OS/c1-5(2)7-4-3-6/h3,5H,4H2,1-2H3. The van der Waals surface area contributed by atoms with Crippen LogP contribution in [0.4, 0.5) is 0 Å². The lowest BCUT2D eigenvalue weighted by Crippen LogP contribution is -1.88. The second kappa shape index (κ2) is 4.19. The molecule has 0 heterocycles. The second-order valence-corrected chi connectivity index (χ2v) is 3.16. The van der Waals surface area contributed by atoms with E-state index in [1.54, 1.807) is 11.8 Å². The molecular weight excluding hydrogens is 108 g/mol. The topological polar surface area (TPSA) is 17.1 Å². The molecule has 0 spiro atoms. The van der Waals surface area contributed by atoms with Crippen LogP contribution < -0.4 is 0 Å². The number of thioether (sulfide) groups is 1. The maximum Gasteiger partial charge on any atom is 0.129 e. The lowest BCUT2D eigenvalue weighted by atomic mass is 10.6. The van der Waals surface area contributed by atoms with Gasteiger partial charge in [0.25, 0.3) is 0 Å². The van der Waals surface area contributed by atoms with Crippen molar-refractivity contribution in [1.82, 2.24) is 0 Å². The zero-order chi connectivity index (χ0) is 5.70. The SMILES string of the molecule is CC(C)SCC=O. The molecule has 42 valence electrons. The number of aldehydes is 1. The minimum absolute atomic E-state index is 0.588. The maximum atomic E-state index is 9.69. The monoisotopic (exact) mass is 118 g/mol. The average molecular weight is 118 g/mol. The summed E-state index contributed by atoms with van der Waals surface area (Å²) in [5.41, 5.74) is 0. The molecule has 0 amide bonds. The molecule has 0 aromatic rings. The van der Waals surface area contributed by atoms with E-state index in [1.165, 1.54) is 0 Å². The highest BCUT2D eigenvalue weighted by atomic mass is 32.2. The summed E-state index contributed by atoms with van der Waals surface area (Å²) < 4.78 is 0. The Kier molecular flexibility index (Phi) is 4.20. The number of carbonyl (C=O) groups excluding carboxylic acids is 1. The van der Waals surface area contributed by atoms with E-state index in [0.29, 0.717) is 11.0 Å². The lowest BCUT2D eigenvalue weighted by Gasteiger charge is -1.95. The predicted octanol–water partition coefficient (Wildman–Crippen LogP) is 1.33. The van der Waals surface area contributed by atoms with Gasteiger partial charge in [0.1, 0.15) is 6.29 Å². The van der Waals surface area contributed by atoms with Crippen molar-refractivity contribution >= 4 is 18.0 Å². The molecular formula is C5H10OS. The fourth-order valence-electron chi connectivity index (χ4n) is 0.232. The highest BCUT2D eigenvalue weighted by Crippen LogP contribution is 2.05. The molecule has 0 bridgehead atoms. The van der Waals surface area contributed by atoms with Crippen LogP contribution in [0.25, 0.3) is 0 Å². The van der Waals surface area contributed by atoms with Crippen LogP contribution in [0.2, 0.25) is 0 Å². The van der Waals surface area contributed by atoms with Gasteiger partial charge in [-0.2, -0.15) is 11.8 Å². The molecule has 0 N–H and O–H groups in total. The molecule has 0 saturated heterocycles. The third-order valence-electron chi connectivity index (χ3n) is 0.498. The summed E-state index contributed by atoms with van der Waals surface area (Å²) in [6.45, 7) is 4.16. The van der Waals surface area contributed by atoms with Crippen molar-refractivity contribution in [3.05, 3.63) is 0 Å². The first-order valence-electron chi connectivity index (χ1n) is 2.32. The lowest BCUT2D eigenvalue weighted by molar-refractivity contribution is -0.105. The molecule has 1 nitrogen and oxygen atoms in total. The van der Waals surface area contributed by atoms with E-state index < -0.39 is 0 Å². The minimum Gasteiger partial charge on any atom is -0.302 e. The Hall–Kier alpha value is 0.0200. The summed E-state index contributed by atoms with van der Waals surface area (Å²) >= 11 is 1.66. The van der Waals surface area contributed by atoms with E-state index in [-0.39, 0.29) is 0 Å². The van der Waals surface area contributed by atoms with Crippen LogP contribution in [-0.2, 0) is 4.79 Å². The normalized spacial score (nSPS) is 9.57. The zero-order valence-corrected chi connectivity index (χ0v) is 5.49. The van der Waals surface area contributed by atoms with Gasteiger partial charge in [-0.3, -0.25) is 0 Å². The van der Waals surface area contributed by atoms with Crippen LogP contribution in [-0.4, -0.2) is 17.3 Å². The number of hydrogen-bond acceptors (Lipinski definition) is 2. The van der Waals surface area contributed by atoms with Crippen molar-refractivity contribution in [3.8, 4) is 0 Å². The molecule has 0 aliphatic rings.